The lowest BCUT2D eigenvalue weighted by molar-refractivity contribution is 1.20. The van der Waals surface area contributed by atoms with Crippen LogP contribution in [0.1, 0.15) is 5.69 Å². The van der Waals surface area contributed by atoms with Gasteiger partial charge in [-0.3, -0.25) is 4.98 Å². The minimum absolute atomic E-state index is 0.797. The van der Waals surface area contributed by atoms with Crippen molar-refractivity contribution >= 4 is 18.2 Å². The Morgan fingerprint density at radius 1 is 1.64 bits per heavy atom. The zero-order valence-corrected chi connectivity index (χ0v) is 7.01. The number of pyridine rings is 1. The summed E-state index contributed by atoms with van der Waals surface area (Å²) < 4.78 is 0. The van der Waals surface area contributed by atoms with Gasteiger partial charge in [0.2, 0.25) is 0 Å². The lowest BCUT2D eigenvalue weighted by atomic mass is 10.2. The molecule has 11 heavy (non-hydrogen) atoms. The van der Waals surface area contributed by atoms with Crippen LogP contribution in [0.4, 0.5) is 0 Å². The Hall–Kier alpha value is -1.02. The van der Waals surface area contributed by atoms with E-state index in [1.807, 2.05) is 12.1 Å². The molecule has 1 nitrogen and oxygen atoms in total. The van der Waals surface area contributed by atoms with Gasteiger partial charge in [0.1, 0.15) is 0 Å². The van der Waals surface area contributed by atoms with E-state index in [0.29, 0.717) is 0 Å². The molecule has 0 bridgehead atoms. The monoisotopic (exact) mass is 163 g/mol. The molecule has 56 valence electrons. The Bertz CT molecular complexity index is 291. The van der Waals surface area contributed by atoms with Gasteiger partial charge in [-0.2, -0.15) is 0 Å². The second kappa shape index (κ2) is 3.39. The van der Waals surface area contributed by atoms with Crippen LogP contribution in [0.3, 0.4) is 0 Å². The summed E-state index contributed by atoms with van der Waals surface area (Å²) in [4.78, 5) is 4.93. The molecule has 1 aromatic heterocycles. The second-order valence-corrected chi connectivity index (χ2v) is 2.58. The highest BCUT2D eigenvalue weighted by Gasteiger charge is 1.98. The fourth-order valence-electron chi connectivity index (χ4n) is 0.741. The van der Waals surface area contributed by atoms with Gasteiger partial charge in [0.05, 0.1) is 5.69 Å². The maximum absolute atomic E-state index is 4.22. The molecule has 1 rings (SSSR count). The van der Waals surface area contributed by atoms with Gasteiger partial charge in [-0.25, -0.2) is 0 Å². The molecule has 1 aromatic rings. The van der Waals surface area contributed by atoms with Gasteiger partial charge in [-0.1, -0.05) is 19.2 Å². The fourth-order valence-corrected chi connectivity index (χ4v) is 1.03. The summed E-state index contributed by atoms with van der Waals surface area (Å²) in [6.07, 6.45) is 3.38. The molecule has 0 aliphatic heterocycles. The van der Waals surface area contributed by atoms with Crippen molar-refractivity contribution in [3.05, 3.63) is 43.3 Å². The number of allylic oxidation sites excluding steroid dienone is 2. The maximum Gasteiger partial charge on any atom is 0.0828 e. The lowest BCUT2D eigenvalue weighted by Crippen LogP contribution is -1.85. The van der Waals surface area contributed by atoms with E-state index < -0.39 is 0 Å². The Morgan fingerprint density at radius 2 is 2.36 bits per heavy atom. The van der Waals surface area contributed by atoms with Gasteiger partial charge in [0.25, 0.3) is 0 Å². The van der Waals surface area contributed by atoms with Crippen molar-refractivity contribution in [2.75, 3.05) is 0 Å². The normalized spacial score (nSPS) is 9.18. The molecular weight excluding hydrogens is 154 g/mol. The van der Waals surface area contributed by atoms with Crippen molar-refractivity contribution in [1.29, 1.82) is 0 Å². The predicted molar refractivity (Wildman–Crippen MR) is 50.7 cm³/mol. The summed E-state index contributed by atoms with van der Waals surface area (Å²) in [7, 11) is 0. The van der Waals surface area contributed by atoms with Crippen molar-refractivity contribution in [2.24, 2.45) is 0 Å². The van der Waals surface area contributed by atoms with Crippen molar-refractivity contribution < 1.29 is 0 Å². The number of hydrogen-bond donors (Lipinski definition) is 1. The van der Waals surface area contributed by atoms with E-state index in [1.165, 1.54) is 0 Å². The Labute approximate surface area is 71.9 Å². The average Bonchev–Trinajstić information content (AvgIpc) is 2.04. The topological polar surface area (TPSA) is 12.9 Å². The van der Waals surface area contributed by atoms with E-state index in [1.54, 1.807) is 12.3 Å². The van der Waals surface area contributed by atoms with Gasteiger partial charge in [0, 0.05) is 11.1 Å². The second-order valence-electron chi connectivity index (χ2n) is 2.10. The highest BCUT2D eigenvalue weighted by atomic mass is 32.1. The van der Waals surface area contributed by atoms with Crippen molar-refractivity contribution in [1.82, 2.24) is 4.98 Å². The predicted octanol–water partition coefficient (Wildman–Crippen LogP) is 2.57. The van der Waals surface area contributed by atoms with E-state index in [-0.39, 0.29) is 0 Å². The van der Waals surface area contributed by atoms with Crippen LogP contribution in [-0.4, -0.2) is 4.98 Å². The number of hydrogen-bond acceptors (Lipinski definition) is 2. The Balaban J connectivity index is 3.13. The highest BCUT2D eigenvalue weighted by molar-refractivity contribution is 7.80. The molecule has 0 aliphatic carbocycles. The standard InChI is InChI=1S/C9H9NS/c1-3-7(2)9-8(11)5-4-6-10-9/h3-6,11H,1-2H2. The van der Waals surface area contributed by atoms with E-state index >= 15 is 0 Å². The van der Waals surface area contributed by atoms with Crippen LogP contribution < -0.4 is 0 Å². The average molecular weight is 163 g/mol. The van der Waals surface area contributed by atoms with Crippen LogP contribution in [0, 0.1) is 0 Å². The van der Waals surface area contributed by atoms with E-state index in [0.717, 1.165) is 16.2 Å². The first-order valence-electron chi connectivity index (χ1n) is 3.21. The van der Waals surface area contributed by atoms with E-state index in [4.69, 9.17) is 0 Å². The Morgan fingerprint density at radius 3 is 2.91 bits per heavy atom. The first kappa shape index (κ1) is 8.08. The number of rotatable bonds is 2. The van der Waals surface area contributed by atoms with Gasteiger partial charge >= 0.3 is 0 Å². The first-order valence-corrected chi connectivity index (χ1v) is 3.66. The van der Waals surface area contributed by atoms with Crippen LogP contribution in [0.5, 0.6) is 0 Å². The zero-order chi connectivity index (χ0) is 8.27. The molecule has 0 radical (unpaired) electrons. The van der Waals surface area contributed by atoms with Crippen LogP contribution in [0.15, 0.2) is 42.5 Å². The number of nitrogens with zero attached hydrogens (tertiary/aromatic N) is 1. The third-order valence-electron chi connectivity index (χ3n) is 1.34. The van der Waals surface area contributed by atoms with Gasteiger partial charge in [0.15, 0.2) is 0 Å². The first-order chi connectivity index (χ1) is 5.25. The third-order valence-corrected chi connectivity index (χ3v) is 1.70. The number of aromatic nitrogens is 1. The number of thiol groups is 1. The smallest absolute Gasteiger partial charge is 0.0828 e. The van der Waals surface area contributed by atoms with Crippen LogP contribution in [0.2, 0.25) is 0 Å². The SMILES string of the molecule is C=CC(=C)c1ncccc1S. The summed E-state index contributed by atoms with van der Waals surface area (Å²) in [5.41, 5.74) is 1.60. The third kappa shape index (κ3) is 1.71. The van der Waals surface area contributed by atoms with Gasteiger partial charge in [-0.15, -0.1) is 12.6 Å². The van der Waals surface area contributed by atoms with E-state index in [9.17, 15) is 0 Å². The molecule has 0 atom stereocenters. The quantitative estimate of drug-likeness (QED) is 0.522. The summed E-state index contributed by atoms with van der Waals surface area (Å²) >= 11 is 4.22. The molecule has 0 amide bonds. The van der Waals surface area contributed by atoms with Crippen LogP contribution >= 0.6 is 12.6 Å². The maximum atomic E-state index is 4.22. The summed E-state index contributed by atoms with van der Waals surface area (Å²) in [5, 5.41) is 0. The molecule has 0 fully saturated rings. The molecule has 1 heterocycles. The molecule has 0 N–H and O–H groups in total. The van der Waals surface area contributed by atoms with Gasteiger partial charge < -0.3 is 0 Å². The van der Waals surface area contributed by atoms with Crippen molar-refractivity contribution in [3.8, 4) is 0 Å². The largest absolute Gasteiger partial charge is 0.255 e. The van der Waals surface area contributed by atoms with Crippen LogP contribution in [0.25, 0.3) is 5.57 Å². The molecule has 0 saturated heterocycles. The van der Waals surface area contributed by atoms with E-state index in [2.05, 4.69) is 30.8 Å². The molecule has 0 spiro atoms. The van der Waals surface area contributed by atoms with Crippen LogP contribution in [-0.2, 0) is 0 Å². The fraction of sp³-hybridized carbons (Fsp3) is 0. The molecule has 0 aliphatic rings. The Kier molecular flexibility index (Phi) is 2.49. The van der Waals surface area contributed by atoms with Crippen molar-refractivity contribution in [2.45, 2.75) is 4.90 Å². The summed E-state index contributed by atoms with van der Waals surface area (Å²) in [6.45, 7) is 7.38. The lowest BCUT2D eigenvalue weighted by Gasteiger charge is -2.00. The molecule has 0 saturated carbocycles. The van der Waals surface area contributed by atoms with Gasteiger partial charge in [-0.05, 0) is 17.7 Å². The highest BCUT2D eigenvalue weighted by Crippen LogP contribution is 2.17. The molecular formula is C9H9NS. The van der Waals surface area contributed by atoms with Crippen molar-refractivity contribution in [3.63, 3.8) is 0 Å². The molecule has 0 aromatic carbocycles. The zero-order valence-electron chi connectivity index (χ0n) is 6.12. The summed E-state index contributed by atoms with van der Waals surface area (Å²) in [5.74, 6) is 0. The molecule has 2 heteroatoms. The minimum Gasteiger partial charge on any atom is -0.255 e. The summed E-state index contributed by atoms with van der Waals surface area (Å²) in [6, 6.07) is 3.71. The molecule has 0 unspecified atom stereocenters. The minimum atomic E-state index is 0.797.